The maximum absolute atomic E-state index is 12.2. The molecular formula is C17H19ClN4O. The third kappa shape index (κ3) is 3.45. The molecule has 1 amide bonds. The molecular weight excluding hydrogens is 312 g/mol. The number of carbonyl (C=O) groups is 1. The number of likely N-dealkylation sites (tertiary alicyclic amines) is 1. The number of benzene rings is 1. The predicted octanol–water partition coefficient (Wildman–Crippen LogP) is 3.73. The first-order valence-corrected chi connectivity index (χ1v) is 8.09. The van der Waals surface area contributed by atoms with Crippen molar-refractivity contribution in [1.29, 1.82) is 0 Å². The smallest absolute Gasteiger partial charge is 0.274 e. The Morgan fingerprint density at radius 2 is 1.91 bits per heavy atom. The first-order valence-electron chi connectivity index (χ1n) is 7.71. The fraction of sp³-hybridized carbons (Fsp3) is 0.353. The van der Waals surface area contributed by atoms with E-state index in [1.54, 1.807) is 12.1 Å². The number of nitrogens with zero attached hydrogens (tertiary/aromatic N) is 3. The van der Waals surface area contributed by atoms with Gasteiger partial charge < -0.3 is 10.2 Å². The Hall–Kier alpha value is -2.14. The van der Waals surface area contributed by atoms with Crippen LogP contribution in [0, 0.1) is 13.8 Å². The zero-order valence-electron chi connectivity index (χ0n) is 13.3. The van der Waals surface area contributed by atoms with E-state index in [0.717, 1.165) is 42.7 Å². The van der Waals surface area contributed by atoms with Crippen molar-refractivity contribution in [3.8, 4) is 0 Å². The number of aryl methyl sites for hydroxylation is 2. The molecule has 1 aliphatic rings. The van der Waals surface area contributed by atoms with Crippen molar-refractivity contribution >= 4 is 29.0 Å². The molecule has 1 aromatic carbocycles. The molecule has 1 saturated heterocycles. The van der Waals surface area contributed by atoms with Crippen LogP contribution in [0.3, 0.4) is 0 Å². The summed E-state index contributed by atoms with van der Waals surface area (Å²) in [5.74, 6) is 0.517. The first kappa shape index (κ1) is 15.7. The van der Waals surface area contributed by atoms with Gasteiger partial charge in [-0.2, -0.15) is 0 Å². The Balaban J connectivity index is 1.76. The quantitative estimate of drug-likeness (QED) is 0.931. The molecule has 2 heterocycles. The monoisotopic (exact) mass is 330 g/mol. The summed E-state index contributed by atoms with van der Waals surface area (Å²) in [5.41, 5.74) is 3.33. The highest BCUT2D eigenvalue weighted by Crippen LogP contribution is 2.29. The average Bonchev–Trinajstić information content (AvgIpc) is 3.05. The first-order chi connectivity index (χ1) is 11.0. The summed E-state index contributed by atoms with van der Waals surface area (Å²) in [4.78, 5) is 14.1. The number of aromatic nitrogens is 2. The SMILES string of the molecule is Cc1cc(C)c(Nc2ccc(C(=O)N3CCCC3)nn2)c(Cl)c1. The molecule has 6 heteroatoms. The lowest BCUT2D eigenvalue weighted by atomic mass is 10.1. The van der Waals surface area contributed by atoms with E-state index in [9.17, 15) is 4.79 Å². The molecule has 120 valence electrons. The molecule has 0 saturated carbocycles. The highest BCUT2D eigenvalue weighted by molar-refractivity contribution is 6.33. The van der Waals surface area contributed by atoms with Crippen LogP contribution in [0.5, 0.6) is 0 Å². The summed E-state index contributed by atoms with van der Waals surface area (Å²) in [7, 11) is 0. The highest BCUT2D eigenvalue weighted by atomic mass is 35.5. The van der Waals surface area contributed by atoms with Gasteiger partial charge >= 0.3 is 0 Å². The van der Waals surface area contributed by atoms with Crippen LogP contribution in [0.15, 0.2) is 24.3 Å². The second kappa shape index (κ2) is 6.54. The van der Waals surface area contributed by atoms with E-state index >= 15 is 0 Å². The van der Waals surface area contributed by atoms with Gasteiger partial charge in [0.05, 0.1) is 10.7 Å². The molecule has 5 nitrogen and oxygen atoms in total. The van der Waals surface area contributed by atoms with Crippen LogP contribution in [0.2, 0.25) is 5.02 Å². The summed E-state index contributed by atoms with van der Waals surface area (Å²) in [6.07, 6.45) is 2.12. The maximum atomic E-state index is 12.2. The molecule has 1 aliphatic heterocycles. The lowest BCUT2D eigenvalue weighted by Crippen LogP contribution is -2.28. The number of hydrogen-bond donors (Lipinski definition) is 1. The standard InChI is InChI=1S/C17H19ClN4O/c1-11-9-12(2)16(13(18)10-11)19-15-6-5-14(20-21-15)17(23)22-7-3-4-8-22/h5-6,9-10H,3-4,7-8H2,1-2H3,(H,19,21). The topological polar surface area (TPSA) is 58.1 Å². The van der Waals surface area contributed by atoms with Crippen LogP contribution in [0.25, 0.3) is 0 Å². The summed E-state index contributed by atoms with van der Waals surface area (Å²) >= 11 is 6.28. The van der Waals surface area contributed by atoms with Crippen molar-refractivity contribution in [3.63, 3.8) is 0 Å². The Morgan fingerprint density at radius 3 is 2.52 bits per heavy atom. The van der Waals surface area contributed by atoms with Crippen LogP contribution in [0.1, 0.15) is 34.5 Å². The molecule has 1 N–H and O–H groups in total. The van der Waals surface area contributed by atoms with Crippen molar-refractivity contribution in [2.45, 2.75) is 26.7 Å². The lowest BCUT2D eigenvalue weighted by Gasteiger charge is -2.14. The number of anilines is 2. The lowest BCUT2D eigenvalue weighted by molar-refractivity contribution is 0.0786. The molecule has 0 atom stereocenters. The van der Waals surface area contributed by atoms with E-state index < -0.39 is 0 Å². The normalized spacial score (nSPS) is 14.1. The molecule has 23 heavy (non-hydrogen) atoms. The van der Waals surface area contributed by atoms with Gasteiger partial charge in [-0.05, 0) is 56.0 Å². The van der Waals surface area contributed by atoms with Crippen molar-refractivity contribution < 1.29 is 4.79 Å². The van der Waals surface area contributed by atoms with Crippen molar-refractivity contribution in [3.05, 3.63) is 46.1 Å². The number of carbonyl (C=O) groups excluding carboxylic acids is 1. The summed E-state index contributed by atoms with van der Waals surface area (Å²) in [6, 6.07) is 7.40. The zero-order chi connectivity index (χ0) is 16.4. The van der Waals surface area contributed by atoms with Crippen LogP contribution >= 0.6 is 11.6 Å². The molecule has 0 bridgehead atoms. The molecule has 1 fully saturated rings. The molecule has 1 aromatic heterocycles. The van der Waals surface area contributed by atoms with Gasteiger partial charge in [0, 0.05) is 13.1 Å². The minimum Gasteiger partial charge on any atom is -0.337 e. The van der Waals surface area contributed by atoms with Crippen LogP contribution in [0.4, 0.5) is 11.5 Å². The zero-order valence-corrected chi connectivity index (χ0v) is 14.0. The van der Waals surface area contributed by atoms with Gasteiger partial charge in [0.15, 0.2) is 11.5 Å². The van der Waals surface area contributed by atoms with E-state index in [4.69, 9.17) is 11.6 Å². The Morgan fingerprint density at radius 1 is 1.17 bits per heavy atom. The van der Waals surface area contributed by atoms with E-state index in [2.05, 4.69) is 15.5 Å². The Bertz CT molecular complexity index is 701. The van der Waals surface area contributed by atoms with E-state index in [1.165, 1.54) is 0 Å². The summed E-state index contributed by atoms with van der Waals surface area (Å²) in [6.45, 7) is 5.60. The Kier molecular flexibility index (Phi) is 4.48. The Labute approximate surface area is 140 Å². The molecule has 0 unspecified atom stereocenters. The minimum atomic E-state index is -0.0499. The van der Waals surface area contributed by atoms with Gasteiger partial charge in [0.25, 0.3) is 5.91 Å². The minimum absolute atomic E-state index is 0.0499. The van der Waals surface area contributed by atoms with E-state index in [0.29, 0.717) is 16.5 Å². The highest BCUT2D eigenvalue weighted by Gasteiger charge is 2.20. The number of rotatable bonds is 3. The van der Waals surface area contributed by atoms with Crippen LogP contribution in [-0.4, -0.2) is 34.1 Å². The predicted molar refractivity (Wildman–Crippen MR) is 91.4 cm³/mol. The summed E-state index contributed by atoms with van der Waals surface area (Å²) < 4.78 is 0. The fourth-order valence-electron chi connectivity index (χ4n) is 2.80. The van der Waals surface area contributed by atoms with Gasteiger partial charge in [0.2, 0.25) is 0 Å². The van der Waals surface area contributed by atoms with Gasteiger partial charge in [-0.3, -0.25) is 4.79 Å². The van der Waals surface area contributed by atoms with Gasteiger partial charge in [-0.25, -0.2) is 0 Å². The molecule has 0 radical (unpaired) electrons. The molecule has 0 aliphatic carbocycles. The van der Waals surface area contributed by atoms with Gasteiger partial charge in [-0.15, -0.1) is 10.2 Å². The number of nitrogens with one attached hydrogen (secondary N) is 1. The van der Waals surface area contributed by atoms with Crippen LogP contribution < -0.4 is 5.32 Å². The molecule has 3 rings (SSSR count). The van der Waals surface area contributed by atoms with E-state index in [-0.39, 0.29) is 5.91 Å². The third-order valence-corrected chi connectivity index (χ3v) is 4.26. The molecule has 0 spiro atoms. The third-order valence-electron chi connectivity index (χ3n) is 3.96. The fourth-order valence-corrected chi connectivity index (χ4v) is 3.17. The van der Waals surface area contributed by atoms with Crippen molar-refractivity contribution in [2.24, 2.45) is 0 Å². The van der Waals surface area contributed by atoms with Gasteiger partial charge in [0.1, 0.15) is 0 Å². The summed E-state index contributed by atoms with van der Waals surface area (Å²) in [5, 5.41) is 12.0. The maximum Gasteiger partial charge on any atom is 0.274 e. The molecule has 2 aromatic rings. The number of halogens is 1. The van der Waals surface area contributed by atoms with Crippen molar-refractivity contribution in [1.82, 2.24) is 15.1 Å². The second-order valence-corrected chi connectivity index (χ2v) is 6.27. The van der Waals surface area contributed by atoms with E-state index in [1.807, 2.05) is 30.9 Å². The van der Waals surface area contributed by atoms with Crippen LogP contribution in [-0.2, 0) is 0 Å². The van der Waals surface area contributed by atoms with Gasteiger partial charge in [-0.1, -0.05) is 17.7 Å². The largest absolute Gasteiger partial charge is 0.337 e. The average molecular weight is 331 g/mol. The second-order valence-electron chi connectivity index (χ2n) is 5.87. The number of amides is 1. The number of hydrogen-bond acceptors (Lipinski definition) is 4. The van der Waals surface area contributed by atoms with Crippen molar-refractivity contribution in [2.75, 3.05) is 18.4 Å².